The normalized spacial score (nSPS) is 11.9. The second kappa shape index (κ2) is 4.45. The summed E-state index contributed by atoms with van der Waals surface area (Å²) < 4.78 is 33.9. The number of ether oxygens (including phenoxy) is 1. The van der Waals surface area contributed by atoms with Crippen molar-refractivity contribution in [1.82, 2.24) is 19.6 Å². The number of hydrogen-bond acceptors (Lipinski definition) is 8. The van der Waals surface area contributed by atoms with E-state index in [0.717, 1.165) is 6.26 Å². The average molecular weight is 309 g/mol. The molecular formula is C11H11N5O4S. The molecular weight excluding hydrogens is 298 g/mol. The van der Waals surface area contributed by atoms with Crippen molar-refractivity contribution in [3.8, 4) is 11.8 Å². The third kappa shape index (κ3) is 2.29. The maximum absolute atomic E-state index is 11.3. The monoisotopic (exact) mass is 309 g/mol. The first kappa shape index (κ1) is 13.4. The van der Waals surface area contributed by atoms with Crippen LogP contribution >= 0.6 is 0 Å². The predicted octanol–water partition coefficient (Wildman–Crippen LogP) is 0.207. The van der Waals surface area contributed by atoms with E-state index in [1.807, 2.05) is 0 Å². The van der Waals surface area contributed by atoms with Gasteiger partial charge < -0.3 is 14.7 Å². The first-order chi connectivity index (χ1) is 9.89. The van der Waals surface area contributed by atoms with Crippen LogP contribution in [0.2, 0.25) is 0 Å². The van der Waals surface area contributed by atoms with E-state index < -0.39 is 10.1 Å². The highest BCUT2D eigenvalue weighted by Crippen LogP contribution is 2.26. The molecule has 110 valence electrons. The van der Waals surface area contributed by atoms with Crippen molar-refractivity contribution >= 4 is 32.6 Å². The molecule has 3 aromatic rings. The quantitative estimate of drug-likeness (QED) is 0.681. The van der Waals surface area contributed by atoms with Gasteiger partial charge in [0, 0.05) is 6.07 Å². The number of rotatable bonds is 3. The van der Waals surface area contributed by atoms with Gasteiger partial charge in [-0.1, -0.05) is 5.10 Å². The summed E-state index contributed by atoms with van der Waals surface area (Å²) >= 11 is 0. The van der Waals surface area contributed by atoms with Gasteiger partial charge in [-0.3, -0.25) is 0 Å². The third-order valence-corrected chi connectivity index (χ3v) is 3.20. The molecule has 1 aromatic carbocycles. The molecule has 2 N–H and O–H groups in total. The number of nitrogens with zero attached hydrogens (tertiary/aromatic N) is 4. The van der Waals surface area contributed by atoms with Crippen LogP contribution in [0.1, 0.15) is 0 Å². The second-order valence-corrected chi connectivity index (χ2v) is 5.86. The molecule has 0 aliphatic rings. The predicted molar refractivity (Wildman–Crippen MR) is 74.7 cm³/mol. The fraction of sp³-hybridized carbons (Fsp3) is 0.182. The van der Waals surface area contributed by atoms with E-state index in [4.69, 9.17) is 14.7 Å². The van der Waals surface area contributed by atoms with E-state index in [9.17, 15) is 8.42 Å². The highest BCUT2D eigenvalue weighted by atomic mass is 32.2. The van der Waals surface area contributed by atoms with Crippen molar-refractivity contribution in [2.45, 2.75) is 0 Å². The van der Waals surface area contributed by atoms with Crippen LogP contribution in [0.3, 0.4) is 0 Å². The summed E-state index contributed by atoms with van der Waals surface area (Å²) in [5, 5.41) is 7.49. The van der Waals surface area contributed by atoms with Gasteiger partial charge >= 0.3 is 16.1 Å². The minimum atomic E-state index is -3.74. The van der Waals surface area contributed by atoms with E-state index in [2.05, 4.69) is 15.2 Å². The van der Waals surface area contributed by atoms with Gasteiger partial charge in [0.1, 0.15) is 5.75 Å². The zero-order valence-corrected chi connectivity index (χ0v) is 12.0. The van der Waals surface area contributed by atoms with Gasteiger partial charge in [-0.25, -0.2) is 9.38 Å². The van der Waals surface area contributed by atoms with Crippen LogP contribution in [0.4, 0.5) is 5.82 Å². The second-order valence-electron chi connectivity index (χ2n) is 4.28. The minimum Gasteiger partial charge on any atom is -0.497 e. The lowest BCUT2D eigenvalue weighted by molar-refractivity contribution is 0.415. The van der Waals surface area contributed by atoms with E-state index in [-0.39, 0.29) is 17.5 Å². The molecule has 0 unspecified atom stereocenters. The smallest absolute Gasteiger partial charge is 0.338 e. The maximum Gasteiger partial charge on any atom is 0.338 e. The lowest BCUT2D eigenvalue weighted by Crippen LogP contribution is -2.09. The van der Waals surface area contributed by atoms with Gasteiger partial charge in [-0.2, -0.15) is 8.42 Å². The highest BCUT2D eigenvalue weighted by molar-refractivity contribution is 7.86. The molecule has 0 fully saturated rings. The number of benzene rings is 1. The topological polar surface area (TPSA) is 122 Å². The Bertz CT molecular complexity index is 950. The van der Waals surface area contributed by atoms with Crippen LogP contribution in [-0.4, -0.2) is 41.4 Å². The van der Waals surface area contributed by atoms with E-state index in [0.29, 0.717) is 16.8 Å². The summed E-state index contributed by atoms with van der Waals surface area (Å²) in [5.41, 5.74) is 7.07. The Hall–Kier alpha value is -2.62. The molecule has 10 heteroatoms. The van der Waals surface area contributed by atoms with Crippen molar-refractivity contribution in [2.24, 2.45) is 0 Å². The molecule has 2 heterocycles. The fourth-order valence-corrected chi connectivity index (χ4v) is 2.31. The molecule has 3 rings (SSSR count). The number of nitrogens with two attached hydrogens (primary N) is 1. The summed E-state index contributed by atoms with van der Waals surface area (Å²) in [5.74, 6) is 0.694. The van der Waals surface area contributed by atoms with Gasteiger partial charge in [0.25, 0.3) is 0 Å². The fourth-order valence-electron chi connectivity index (χ4n) is 1.93. The largest absolute Gasteiger partial charge is 0.497 e. The van der Waals surface area contributed by atoms with Crippen molar-refractivity contribution in [3.05, 3.63) is 18.2 Å². The summed E-state index contributed by atoms with van der Waals surface area (Å²) in [6.07, 6.45) is 0.920. The molecule has 0 bridgehead atoms. The first-order valence-corrected chi connectivity index (χ1v) is 7.58. The molecule has 0 aliphatic heterocycles. The molecule has 21 heavy (non-hydrogen) atoms. The van der Waals surface area contributed by atoms with E-state index in [1.165, 1.54) is 11.5 Å². The number of hydrogen-bond donors (Lipinski definition) is 1. The van der Waals surface area contributed by atoms with Gasteiger partial charge in [0.2, 0.25) is 5.65 Å². The van der Waals surface area contributed by atoms with Crippen molar-refractivity contribution < 1.29 is 17.3 Å². The molecule has 0 saturated carbocycles. The SMILES string of the molecule is COc1ccc2c(c1)nc(N)c1nnc(OS(C)(=O)=O)n12. The van der Waals surface area contributed by atoms with Crippen molar-refractivity contribution in [1.29, 1.82) is 0 Å². The lowest BCUT2D eigenvalue weighted by atomic mass is 10.3. The number of methoxy groups -OCH3 is 1. The summed E-state index contributed by atoms with van der Waals surface area (Å²) in [7, 11) is -2.21. The Morgan fingerprint density at radius 1 is 1.29 bits per heavy atom. The van der Waals surface area contributed by atoms with E-state index >= 15 is 0 Å². The molecule has 2 aromatic heterocycles. The molecule has 0 aliphatic carbocycles. The van der Waals surface area contributed by atoms with Gasteiger partial charge in [-0.15, -0.1) is 5.10 Å². The van der Waals surface area contributed by atoms with Crippen LogP contribution in [-0.2, 0) is 10.1 Å². The van der Waals surface area contributed by atoms with Gasteiger partial charge in [0.05, 0.1) is 24.4 Å². The van der Waals surface area contributed by atoms with Gasteiger partial charge in [0.15, 0.2) is 5.82 Å². The van der Waals surface area contributed by atoms with Gasteiger partial charge in [-0.05, 0) is 12.1 Å². The van der Waals surface area contributed by atoms with Crippen LogP contribution in [0.25, 0.3) is 16.7 Å². The molecule has 0 spiro atoms. The number of aromatic nitrogens is 4. The number of nitrogen functional groups attached to an aromatic ring is 1. The van der Waals surface area contributed by atoms with Crippen LogP contribution in [0.5, 0.6) is 11.8 Å². The Morgan fingerprint density at radius 3 is 2.71 bits per heavy atom. The molecule has 0 radical (unpaired) electrons. The number of fused-ring (bicyclic) bond motifs is 3. The maximum atomic E-state index is 11.3. The Labute approximate surface area is 119 Å². The molecule has 9 nitrogen and oxygen atoms in total. The molecule has 0 amide bonds. The lowest BCUT2D eigenvalue weighted by Gasteiger charge is -2.07. The Kier molecular flexibility index (Phi) is 2.83. The standard InChI is InChI=1S/C11H11N5O4S/c1-19-6-3-4-8-7(5-6)13-9(12)10-14-15-11(16(8)10)20-21(2,17)18/h3-5H,1-2H3,(H2,12,13). The zero-order chi connectivity index (χ0) is 15.2. The molecule has 0 atom stereocenters. The summed E-state index contributed by atoms with van der Waals surface area (Å²) in [4.78, 5) is 4.19. The minimum absolute atomic E-state index is 0.103. The number of anilines is 1. The van der Waals surface area contributed by atoms with E-state index in [1.54, 1.807) is 18.2 Å². The van der Waals surface area contributed by atoms with Crippen molar-refractivity contribution in [2.75, 3.05) is 19.1 Å². The van der Waals surface area contributed by atoms with Crippen LogP contribution < -0.4 is 14.7 Å². The summed E-state index contributed by atoms with van der Waals surface area (Å²) in [6.45, 7) is 0. The Morgan fingerprint density at radius 2 is 2.05 bits per heavy atom. The summed E-state index contributed by atoms with van der Waals surface area (Å²) in [6, 6.07) is 4.85. The third-order valence-electron chi connectivity index (χ3n) is 2.75. The Balaban J connectivity index is 2.37. The average Bonchev–Trinajstić information content (AvgIpc) is 2.81. The van der Waals surface area contributed by atoms with Crippen LogP contribution in [0, 0.1) is 0 Å². The zero-order valence-electron chi connectivity index (χ0n) is 11.1. The highest BCUT2D eigenvalue weighted by Gasteiger charge is 2.17. The molecule has 0 saturated heterocycles. The first-order valence-electron chi connectivity index (χ1n) is 5.77. The van der Waals surface area contributed by atoms with Crippen molar-refractivity contribution in [3.63, 3.8) is 0 Å². The van der Waals surface area contributed by atoms with Crippen LogP contribution in [0.15, 0.2) is 18.2 Å².